The SMILES string of the molecule is Cc1c(Cl)cccc1Nc1nc(-c2ccccn2)cs1.Oc1cccc(Nc2nc(-c3ccccc3)cs2)c1.c1ccc(-c2csc(Nc3cnccn3)n2)nc1.c1cnc(Nc2nc(-c3ccncc3)cs2)nc1. The van der Waals surface area contributed by atoms with Crippen LogP contribution < -0.4 is 21.3 Å². The molecule has 21 heteroatoms. The third kappa shape index (κ3) is 15.1. The summed E-state index contributed by atoms with van der Waals surface area (Å²) in [6.45, 7) is 1.98. The van der Waals surface area contributed by atoms with E-state index < -0.39 is 0 Å². The third-order valence-electron chi connectivity index (χ3n) is 10.1. The third-order valence-corrected chi connectivity index (χ3v) is 13.5. The van der Waals surface area contributed by atoms with Crippen molar-refractivity contribution in [1.29, 1.82) is 0 Å². The van der Waals surface area contributed by atoms with E-state index in [9.17, 15) is 5.11 Å². The standard InChI is InChI=1S/C15H12ClN3S.C15H12N2OS.2C12H9N5S/c1-10-11(16)5-4-7-12(10)18-15-19-14(9-20-15)13-6-2-3-8-17-13;18-13-8-4-7-12(9-13)16-15-17-14(10-19-15)11-5-2-1-3-6-11;1-4-14-11(15-5-1)17-12-16-10(8-18-12)9-2-6-13-7-3-9;1-2-4-14-9(3-1)10-8-18-12(16-10)17-11-7-13-5-6-15-11/h2-9H,1H3,(H,18,19);1-10,18H,(H,16,17);1-8H,(H,14,15,16,17);1-8H,(H,15,16,17). The molecular weight excluding hydrogens is 1040 g/mol. The van der Waals surface area contributed by atoms with Gasteiger partial charge in [0.05, 0.1) is 29.0 Å². The normalized spacial score (nSPS) is 10.3. The fourth-order valence-electron chi connectivity index (χ4n) is 6.48. The van der Waals surface area contributed by atoms with Crippen molar-refractivity contribution in [3.63, 3.8) is 0 Å². The Morgan fingerprint density at radius 3 is 1.60 bits per heavy atom. The van der Waals surface area contributed by atoms with E-state index in [1.165, 1.54) is 22.7 Å². The van der Waals surface area contributed by atoms with Crippen molar-refractivity contribution in [2.24, 2.45) is 0 Å². The van der Waals surface area contributed by atoms with E-state index in [1.54, 1.807) is 103 Å². The molecule has 0 saturated carbocycles. The van der Waals surface area contributed by atoms with Gasteiger partial charge in [-0.2, -0.15) is 0 Å². The van der Waals surface area contributed by atoms with Gasteiger partial charge in [0.2, 0.25) is 5.95 Å². The van der Waals surface area contributed by atoms with E-state index in [-0.39, 0.29) is 5.75 Å². The van der Waals surface area contributed by atoms with Gasteiger partial charge in [-0.3, -0.25) is 19.9 Å². The first-order valence-electron chi connectivity index (χ1n) is 22.6. The number of halogens is 1. The molecule has 0 aliphatic heterocycles. The molecule has 0 radical (unpaired) electrons. The Morgan fingerprint density at radius 2 is 0.987 bits per heavy atom. The summed E-state index contributed by atoms with van der Waals surface area (Å²) >= 11 is 12.2. The smallest absolute Gasteiger partial charge is 0.228 e. The molecule has 9 heterocycles. The molecule has 0 fully saturated rings. The van der Waals surface area contributed by atoms with E-state index >= 15 is 0 Å². The Hall–Kier alpha value is -8.92. The Morgan fingerprint density at radius 1 is 0.427 bits per heavy atom. The summed E-state index contributed by atoms with van der Waals surface area (Å²) in [6, 6.07) is 40.0. The quantitative estimate of drug-likeness (QED) is 0.0770. The summed E-state index contributed by atoms with van der Waals surface area (Å²) in [5.74, 6) is 1.47. The molecule has 0 saturated heterocycles. The van der Waals surface area contributed by atoms with E-state index in [0.29, 0.717) is 11.8 Å². The molecule has 12 aromatic rings. The second-order valence-corrected chi connectivity index (χ2v) is 19.1. The van der Waals surface area contributed by atoms with Crippen molar-refractivity contribution >= 4 is 101 Å². The number of hydrogen-bond donors (Lipinski definition) is 5. The van der Waals surface area contributed by atoms with Gasteiger partial charge in [-0.25, -0.2) is 34.9 Å². The van der Waals surface area contributed by atoms with Crippen LogP contribution >= 0.6 is 56.9 Å². The van der Waals surface area contributed by atoms with Gasteiger partial charge in [-0.1, -0.05) is 66.2 Å². The summed E-state index contributed by atoms with van der Waals surface area (Å²) in [6.07, 6.45) is 15.3. The Balaban J connectivity index is 0.000000123. The molecule has 0 atom stereocenters. The largest absolute Gasteiger partial charge is 0.508 e. The highest BCUT2D eigenvalue weighted by Gasteiger charge is 2.10. The van der Waals surface area contributed by atoms with Gasteiger partial charge in [-0.15, -0.1) is 45.3 Å². The molecule has 75 heavy (non-hydrogen) atoms. The molecule has 0 aliphatic carbocycles. The van der Waals surface area contributed by atoms with Crippen LogP contribution in [0.15, 0.2) is 205 Å². The van der Waals surface area contributed by atoms with Crippen molar-refractivity contribution in [3.8, 4) is 51.0 Å². The predicted octanol–water partition coefficient (Wildman–Crippen LogP) is 14.6. The lowest BCUT2D eigenvalue weighted by Gasteiger charge is -2.07. The van der Waals surface area contributed by atoms with Gasteiger partial charge in [-0.05, 0) is 79.2 Å². The van der Waals surface area contributed by atoms with Crippen LogP contribution in [-0.2, 0) is 0 Å². The molecule has 16 nitrogen and oxygen atoms in total. The van der Waals surface area contributed by atoms with E-state index in [0.717, 1.165) is 87.8 Å². The molecule has 5 N–H and O–H groups in total. The van der Waals surface area contributed by atoms with Crippen molar-refractivity contribution < 1.29 is 5.11 Å². The van der Waals surface area contributed by atoms with Crippen molar-refractivity contribution in [2.75, 3.05) is 21.3 Å². The molecule has 0 amide bonds. The number of anilines is 8. The number of pyridine rings is 3. The van der Waals surface area contributed by atoms with Crippen LogP contribution in [0.25, 0.3) is 45.3 Å². The molecule has 370 valence electrons. The minimum atomic E-state index is 0.241. The van der Waals surface area contributed by atoms with Gasteiger partial charge in [0.1, 0.15) is 17.1 Å². The Labute approximate surface area is 452 Å². The minimum Gasteiger partial charge on any atom is -0.508 e. The van der Waals surface area contributed by atoms with Crippen molar-refractivity contribution in [2.45, 2.75) is 6.92 Å². The lowest BCUT2D eigenvalue weighted by atomic mass is 10.2. The highest BCUT2D eigenvalue weighted by molar-refractivity contribution is 7.15. The van der Waals surface area contributed by atoms with Crippen LogP contribution in [-0.4, -0.2) is 59.9 Å². The Kier molecular flexibility index (Phi) is 17.8. The lowest BCUT2D eigenvalue weighted by molar-refractivity contribution is 0.475. The summed E-state index contributed by atoms with van der Waals surface area (Å²) < 4.78 is 0. The predicted molar refractivity (Wildman–Crippen MR) is 305 cm³/mol. The zero-order valence-corrected chi connectivity index (χ0v) is 43.5. The fraction of sp³-hybridized carbons (Fsp3) is 0.0185. The van der Waals surface area contributed by atoms with Crippen molar-refractivity contribution in [3.05, 3.63) is 215 Å². The first kappa shape index (κ1) is 51.0. The number of aromatic hydroxyl groups is 1. The summed E-state index contributed by atoms with van der Waals surface area (Å²) in [4.78, 5) is 46.8. The van der Waals surface area contributed by atoms with Gasteiger partial charge in [0.15, 0.2) is 26.3 Å². The molecule has 0 bridgehead atoms. The Bertz CT molecular complexity index is 3500. The number of phenolic OH excluding ortho intramolecular Hbond substituents is 1. The number of nitrogens with one attached hydrogen (secondary N) is 4. The van der Waals surface area contributed by atoms with Crippen LogP contribution in [0.3, 0.4) is 0 Å². The molecule has 0 unspecified atom stereocenters. The average molecular weight is 1080 g/mol. The summed E-state index contributed by atoms with van der Waals surface area (Å²) in [5.41, 5.74) is 10.3. The van der Waals surface area contributed by atoms with Gasteiger partial charge < -0.3 is 26.4 Å². The molecule has 12 rings (SSSR count). The van der Waals surface area contributed by atoms with Crippen LogP contribution in [0, 0.1) is 6.92 Å². The zero-order chi connectivity index (χ0) is 51.4. The number of rotatable bonds is 12. The van der Waals surface area contributed by atoms with Crippen LogP contribution in [0.5, 0.6) is 5.75 Å². The number of thiazole rings is 4. The number of hydrogen-bond acceptors (Lipinski definition) is 20. The van der Waals surface area contributed by atoms with E-state index in [2.05, 4.69) is 76.1 Å². The van der Waals surface area contributed by atoms with E-state index in [4.69, 9.17) is 11.6 Å². The van der Waals surface area contributed by atoms with Crippen LogP contribution in [0.4, 0.5) is 43.7 Å². The fourth-order valence-corrected chi connectivity index (χ4v) is 9.54. The number of phenols is 1. The molecule has 9 aromatic heterocycles. The maximum absolute atomic E-state index is 9.42. The first-order chi connectivity index (χ1) is 36.9. The summed E-state index contributed by atoms with van der Waals surface area (Å²) in [7, 11) is 0. The van der Waals surface area contributed by atoms with Gasteiger partial charge in [0.25, 0.3) is 0 Å². The molecule has 0 aliphatic rings. The zero-order valence-electron chi connectivity index (χ0n) is 39.5. The topological polar surface area (TPSA) is 210 Å². The second-order valence-electron chi connectivity index (χ2n) is 15.3. The van der Waals surface area contributed by atoms with Crippen LogP contribution in [0.2, 0.25) is 5.02 Å². The van der Waals surface area contributed by atoms with Gasteiger partial charge >= 0.3 is 0 Å². The summed E-state index contributed by atoms with van der Waals surface area (Å²) in [5, 5.41) is 33.9. The monoisotopic (exact) mass is 1080 g/mol. The first-order valence-corrected chi connectivity index (χ1v) is 26.5. The molecular formula is C54H42ClN15OS4. The minimum absolute atomic E-state index is 0.241. The average Bonchev–Trinajstić information content (AvgIpc) is 4.32. The number of aromatic nitrogens is 11. The highest BCUT2D eigenvalue weighted by Crippen LogP contribution is 2.31. The highest BCUT2D eigenvalue weighted by atomic mass is 35.5. The van der Waals surface area contributed by atoms with Crippen LogP contribution in [0.1, 0.15) is 5.56 Å². The van der Waals surface area contributed by atoms with Crippen molar-refractivity contribution in [1.82, 2.24) is 54.8 Å². The molecule has 3 aromatic carbocycles. The second kappa shape index (κ2) is 26.2. The maximum Gasteiger partial charge on any atom is 0.228 e. The molecule has 0 spiro atoms. The van der Waals surface area contributed by atoms with Gasteiger partial charge in [0, 0.05) is 105 Å². The maximum atomic E-state index is 9.42. The lowest BCUT2D eigenvalue weighted by Crippen LogP contribution is -1.94. The number of benzene rings is 3. The van der Waals surface area contributed by atoms with E-state index in [1.807, 2.05) is 132 Å². The number of nitrogens with zero attached hydrogens (tertiary/aromatic N) is 11.